The molecule has 94 valence electrons. The maximum Gasteiger partial charge on any atom is 0.322 e. The lowest BCUT2D eigenvalue weighted by atomic mass is 9.66. The van der Waals surface area contributed by atoms with Crippen LogP contribution in [0.2, 0.25) is 0 Å². The Balaban J connectivity index is 2.98. The van der Waals surface area contributed by atoms with E-state index in [0.717, 1.165) is 19.3 Å². The number of amides is 1. The van der Waals surface area contributed by atoms with Gasteiger partial charge in [0.1, 0.15) is 11.5 Å². The molecule has 0 spiro atoms. The molecular formula is C11H15BrN2O3. The van der Waals surface area contributed by atoms with E-state index in [2.05, 4.69) is 15.9 Å². The first-order chi connectivity index (χ1) is 8.09. The van der Waals surface area contributed by atoms with Crippen LogP contribution in [0.3, 0.4) is 0 Å². The van der Waals surface area contributed by atoms with E-state index in [0.29, 0.717) is 11.8 Å². The van der Waals surface area contributed by atoms with Crippen LogP contribution >= 0.6 is 15.9 Å². The monoisotopic (exact) mass is 302 g/mol. The number of carbonyl (C=O) groups is 2. The van der Waals surface area contributed by atoms with E-state index in [-0.39, 0.29) is 12.5 Å². The number of nitriles is 1. The van der Waals surface area contributed by atoms with Crippen molar-refractivity contribution in [2.24, 2.45) is 17.1 Å². The minimum atomic E-state index is -1.27. The Kier molecular flexibility index (Phi) is 4.94. The molecule has 2 atom stereocenters. The van der Waals surface area contributed by atoms with Gasteiger partial charge in [0.15, 0.2) is 6.61 Å². The summed E-state index contributed by atoms with van der Waals surface area (Å²) in [6, 6.07) is 1.72. The summed E-state index contributed by atoms with van der Waals surface area (Å²) in [5.74, 6) is -1.46. The molecular weight excluding hydrogens is 288 g/mol. The molecule has 0 aliphatic heterocycles. The number of hydrogen-bond donors (Lipinski definition) is 1. The van der Waals surface area contributed by atoms with Gasteiger partial charge >= 0.3 is 5.97 Å². The Bertz CT molecular complexity index is 353. The molecule has 1 fully saturated rings. The lowest BCUT2D eigenvalue weighted by molar-refractivity contribution is -0.165. The van der Waals surface area contributed by atoms with Gasteiger partial charge in [-0.15, -0.1) is 0 Å². The third-order valence-corrected chi connectivity index (χ3v) is 4.11. The first kappa shape index (κ1) is 14.0. The second-order valence-corrected chi connectivity index (χ2v) is 4.81. The topological polar surface area (TPSA) is 93.2 Å². The fraction of sp³-hybridized carbons (Fsp3) is 0.727. The first-order valence-corrected chi connectivity index (χ1v) is 6.61. The number of ether oxygens (including phenoxy) is 1. The lowest BCUT2D eigenvalue weighted by Crippen LogP contribution is -2.52. The highest BCUT2D eigenvalue weighted by Gasteiger charge is 2.52. The smallest absolute Gasteiger partial charge is 0.322 e. The van der Waals surface area contributed by atoms with Crippen LogP contribution in [-0.2, 0) is 14.3 Å². The third-order valence-electron chi connectivity index (χ3n) is 3.33. The highest BCUT2D eigenvalue weighted by molar-refractivity contribution is 9.09. The van der Waals surface area contributed by atoms with Crippen LogP contribution in [0.25, 0.3) is 0 Å². The van der Waals surface area contributed by atoms with Crippen LogP contribution in [0.1, 0.15) is 25.7 Å². The SMILES string of the molecule is N#CCOC(=O)C1(C(N)=O)CCCCC1CBr. The molecule has 1 aliphatic carbocycles. The standard InChI is InChI=1S/C11H15BrN2O3/c12-7-8-3-1-2-4-11(8,9(14)15)10(16)17-6-5-13/h8H,1-4,6-7H2,(H2,14,15). The zero-order chi connectivity index (χ0) is 12.9. The first-order valence-electron chi connectivity index (χ1n) is 5.49. The van der Waals surface area contributed by atoms with Crippen molar-refractivity contribution in [3.63, 3.8) is 0 Å². The predicted molar refractivity (Wildman–Crippen MR) is 64.0 cm³/mol. The highest BCUT2D eigenvalue weighted by atomic mass is 79.9. The summed E-state index contributed by atoms with van der Waals surface area (Å²) in [5, 5.41) is 8.93. The van der Waals surface area contributed by atoms with Crippen molar-refractivity contribution in [1.82, 2.24) is 0 Å². The number of hydrogen-bond acceptors (Lipinski definition) is 4. The molecule has 0 aromatic rings. The van der Waals surface area contributed by atoms with Crippen molar-refractivity contribution in [2.45, 2.75) is 25.7 Å². The summed E-state index contributed by atoms with van der Waals surface area (Å²) >= 11 is 3.31. The van der Waals surface area contributed by atoms with Gasteiger partial charge in [0.2, 0.25) is 5.91 Å². The quantitative estimate of drug-likeness (QED) is 0.478. The molecule has 1 saturated carbocycles. The van der Waals surface area contributed by atoms with Gasteiger partial charge in [-0.05, 0) is 18.8 Å². The lowest BCUT2D eigenvalue weighted by Gasteiger charge is -2.38. The molecule has 6 heteroatoms. The number of nitrogens with zero attached hydrogens (tertiary/aromatic N) is 1. The molecule has 2 N–H and O–H groups in total. The summed E-state index contributed by atoms with van der Waals surface area (Å²) in [6.45, 7) is -0.344. The molecule has 1 rings (SSSR count). The average Bonchev–Trinajstić information content (AvgIpc) is 2.35. The number of halogens is 1. The van der Waals surface area contributed by atoms with Crippen molar-refractivity contribution in [3.05, 3.63) is 0 Å². The third kappa shape index (κ3) is 2.60. The fourth-order valence-corrected chi connectivity index (χ4v) is 3.25. The van der Waals surface area contributed by atoms with E-state index in [1.165, 1.54) is 0 Å². The van der Waals surface area contributed by atoms with Gasteiger partial charge in [0.25, 0.3) is 0 Å². The van der Waals surface area contributed by atoms with E-state index in [1.54, 1.807) is 6.07 Å². The van der Waals surface area contributed by atoms with Crippen LogP contribution in [0.5, 0.6) is 0 Å². The van der Waals surface area contributed by atoms with Gasteiger partial charge < -0.3 is 10.5 Å². The van der Waals surface area contributed by atoms with E-state index in [4.69, 9.17) is 15.7 Å². The van der Waals surface area contributed by atoms with Crippen LogP contribution in [0.15, 0.2) is 0 Å². The Morgan fingerprint density at radius 1 is 1.53 bits per heavy atom. The largest absolute Gasteiger partial charge is 0.449 e. The van der Waals surface area contributed by atoms with E-state index >= 15 is 0 Å². The maximum atomic E-state index is 12.0. The van der Waals surface area contributed by atoms with Crippen LogP contribution in [0, 0.1) is 22.7 Å². The normalized spacial score (nSPS) is 28.1. The van der Waals surface area contributed by atoms with Crippen molar-refractivity contribution < 1.29 is 14.3 Å². The summed E-state index contributed by atoms with van der Waals surface area (Å²) < 4.78 is 4.81. The zero-order valence-corrected chi connectivity index (χ0v) is 11.0. The van der Waals surface area contributed by atoms with Crippen molar-refractivity contribution in [3.8, 4) is 6.07 Å². The molecule has 1 aliphatic rings. The van der Waals surface area contributed by atoms with Gasteiger partial charge in [-0.3, -0.25) is 9.59 Å². The van der Waals surface area contributed by atoms with E-state index in [1.807, 2.05) is 0 Å². The molecule has 0 aromatic heterocycles. The fourth-order valence-electron chi connectivity index (χ4n) is 2.37. The summed E-state index contributed by atoms with van der Waals surface area (Å²) in [6.07, 6.45) is 2.91. The Hall–Kier alpha value is -1.09. The van der Waals surface area contributed by atoms with Crippen LogP contribution in [-0.4, -0.2) is 23.8 Å². The summed E-state index contributed by atoms with van der Waals surface area (Å²) in [5.41, 5.74) is 4.13. The maximum absolute atomic E-state index is 12.0. The van der Waals surface area contributed by atoms with E-state index in [9.17, 15) is 9.59 Å². The molecule has 1 amide bonds. The highest BCUT2D eigenvalue weighted by Crippen LogP contribution is 2.43. The van der Waals surface area contributed by atoms with Crippen molar-refractivity contribution in [1.29, 1.82) is 5.26 Å². The minimum Gasteiger partial charge on any atom is -0.449 e. The molecule has 0 aromatic carbocycles. The molecule has 0 bridgehead atoms. The Labute approximate surface area is 108 Å². The summed E-state index contributed by atoms with van der Waals surface area (Å²) in [7, 11) is 0. The zero-order valence-electron chi connectivity index (χ0n) is 9.45. The van der Waals surface area contributed by atoms with Gasteiger partial charge in [-0.2, -0.15) is 5.26 Å². The van der Waals surface area contributed by atoms with E-state index < -0.39 is 17.3 Å². The molecule has 17 heavy (non-hydrogen) atoms. The van der Waals surface area contributed by atoms with Gasteiger partial charge in [-0.1, -0.05) is 28.8 Å². The van der Waals surface area contributed by atoms with Crippen molar-refractivity contribution >= 4 is 27.8 Å². The Morgan fingerprint density at radius 3 is 2.76 bits per heavy atom. The second-order valence-electron chi connectivity index (χ2n) is 4.17. The number of primary amides is 1. The molecule has 5 nitrogen and oxygen atoms in total. The number of rotatable bonds is 4. The molecule has 0 heterocycles. The predicted octanol–water partition coefficient (Wildman–Crippen LogP) is 1.11. The Morgan fingerprint density at radius 2 is 2.24 bits per heavy atom. The van der Waals surface area contributed by atoms with Crippen LogP contribution in [0.4, 0.5) is 0 Å². The van der Waals surface area contributed by atoms with Gasteiger partial charge in [0.05, 0.1) is 0 Å². The number of alkyl halides is 1. The number of nitrogens with two attached hydrogens (primary N) is 1. The van der Waals surface area contributed by atoms with Gasteiger partial charge in [-0.25, -0.2) is 0 Å². The second kappa shape index (κ2) is 6.01. The molecule has 2 unspecified atom stereocenters. The molecule has 0 saturated heterocycles. The van der Waals surface area contributed by atoms with Gasteiger partial charge in [0, 0.05) is 5.33 Å². The summed E-state index contributed by atoms with van der Waals surface area (Å²) in [4.78, 5) is 23.7. The minimum absolute atomic E-state index is 0.153. The number of carbonyl (C=O) groups excluding carboxylic acids is 2. The molecule has 0 radical (unpaired) electrons. The average molecular weight is 303 g/mol. The van der Waals surface area contributed by atoms with Crippen LogP contribution < -0.4 is 5.73 Å². The van der Waals surface area contributed by atoms with Crippen molar-refractivity contribution in [2.75, 3.05) is 11.9 Å². The number of esters is 1.